The van der Waals surface area contributed by atoms with Crippen molar-refractivity contribution in [2.24, 2.45) is 0 Å². The number of carbonyl (C=O) groups is 1. The fourth-order valence-corrected chi connectivity index (χ4v) is 2.20. The van der Waals surface area contributed by atoms with Gasteiger partial charge in [-0.3, -0.25) is 4.79 Å². The third kappa shape index (κ3) is 2.48. The summed E-state index contributed by atoms with van der Waals surface area (Å²) < 4.78 is 7.74. The summed E-state index contributed by atoms with van der Waals surface area (Å²) in [6.45, 7) is 2.16. The lowest BCUT2D eigenvalue weighted by atomic mass is 10.4. The monoisotopic (exact) mass is 298 g/mol. The molecular weight excluding hydrogens is 284 g/mol. The second kappa shape index (κ2) is 5.44. The molecule has 3 aromatic rings. The molecule has 0 radical (unpaired) electrons. The zero-order valence-electron chi connectivity index (χ0n) is 12.2. The Morgan fingerprint density at radius 3 is 2.82 bits per heavy atom. The normalized spacial score (nSPS) is 10.8. The first-order chi connectivity index (χ1) is 10.6. The average Bonchev–Trinajstić information content (AvgIpc) is 2.93. The Balaban J connectivity index is 1.99. The molecule has 0 atom stereocenters. The van der Waals surface area contributed by atoms with E-state index >= 15 is 0 Å². The second-order valence-electron chi connectivity index (χ2n) is 4.83. The molecule has 0 bridgehead atoms. The van der Waals surface area contributed by atoms with Gasteiger partial charge in [0, 0.05) is 18.0 Å². The van der Waals surface area contributed by atoms with Crippen LogP contribution in [0.5, 0.6) is 0 Å². The summed E-state index contributed by atoms with van der Waals surface area (Å²) in [5.41, 5.74) is 2.31. The van der Waals surface area contributed by atoms with E-state index in [-0.39, 0.29) is 17.8 Å². The van der Waals surface area contributed by atoms with E-state index in [0.29, 0.717) is 5.69 Å². The predicted molar refractivity (Wildman–Crippen MR) is 78.9 cm³/mol. The molecule has 0 N–H and O–H groups in total. The molecule has 22 heavy (non-hydrogen) atoms. The summed E-state index contributed by atoms with van der Waals surface area (Å²) in [4.78, 5) is 27.8. The van der Waals surface area contributed by atoms with Gasteiger partial charge >= 0.3 is 5.97 Å². The number of aryl methyl sites for hydroxylation is 1. The van der Waals surface area contributed by atoms with Crippen LogP contribution in [0.1, 0.15) is 21.9 Å². The summed E-state index contributed by atoms with van der Waals surface area (Å²) in [5, 5.41) is 4.01. The lowest BCUT2D eigenvalue weighted by Gasteiger charge is -2.03. The number of hydrogen-bond acceptors (Lipinski definition) is 5. The van der Waals surface area contributed by atoms with Gasteiger partial charge in [0.05, 0.1) is 19.3 Å². The highest BCUT2D eigenvalue weighted by molar-refractivity contribution is 5.86. The van der Waals surface area contributed by atoms with Crippen molar-refractivity contribution < 1.29 is 9.53 Å². The molecule has 0 fully saturated rings. The molecular formula is C15H14N4O3. The van der Waals surface area contributed by atoms with Crippen LogP contribution < -0.4 is 5.56 Å². The number of hydrogen-bond donors (Lipinski definition) is 0. The summed E-state index contributed by atoms with van der Waals surface area (Å²) >= 11 is 0. The number of ether oxygens (including phenoxy) is 1. The first-order valence-electron chi connectivity index (χ1n) is 6.68. The topological polar surface area (TPSA) is 78.5 Å². The van der Waals surface area contributed by atoms with Crippen LogP contribution >= 0.6 is 0 Å². The largest absolute Gasteiger partial charge is 0.464 e. The van der Waals surface area contributed by atoms with Gasteiger partial charge in [-0.2, -0.15) is 5.10 Å². The molecule has 0 aliphatic rings. The fourth-order valence-electron chi connectivity index (χ4n) is 2.20. The summed E-state index contributed by atoms with van der Waals surface area (Å²) in [7, 11) is 1.27. The quantitative estimate of drug-likeness (QED) is 0.675. The molecule has 0 spiro atoms. The number of rotatable bonds is 3. The van der Waals surface area contributed by atoms with Gasteiger partial charge in [0.15, 0.2) is 5.69 Å². The third-order valence-electron chi connectivity index (χ3n) is 3.32. The Bertz CT molecular complexity index is 911. The number of aromatic nitrogens is 4. The number of fused-ring (bicyclic) bond motifs is 1. The van der Waals surface area contributed by atoms with Crippen LogP contribution in [0.25, 0.3) is 5.65 Å². The first-order valence-corrected chi connectivity index (χ1v) is 6.68. The van der Waals surface area contributed by atoms with E-state index in [4.69, 9.17) is 0 Å². The van der Waals surface area contributed by atoms with Gasteiger partial charge in [-0.15, -0.1) is 0 Å². The summed E-state index contributed by atoms with van der Waals surface area (Å²) in [5.74, 6) is -0.584. The van der Waals surface area contributed by atoms with E-state index < -0.39 is 5.97 Å². The second-order valence-corrected chi connectivity index (χ2v) is 4.83. The van der Waals surface area contributed by atoms with Crippen LogP contribution in [0.3, 0.4) is 0 Å². The van der Waals surface area contributed by atoms with E-state index in [2.05, 4.69) is 14.8 Å². The molecule has 3 heterocycles. The number of pyridine rings is 1. The van der Waals surface area contributed by atoms with Crippen LogP contribution in [0.15, 0.2) is 41.3 Å². The molecule has 0 aliphatic heterocycles. The molecule has 0 saturated heterocycles. The summed E-state index contributed by atoms with van der Waals surface area (Å²) in [6.07, 6.45) is 1.85. The lowest BCUT2D eigenvalue weighted by molar-refractivity contribution is 0.0591. The van der Waals surface area contributed by atoms with Crippen LogP contribution in [0.2, 0.25) is 0 Å². The third-order valence-corrected chi connectivity index (χ3v) is 3.32. The lowest BCUT2D eigenvalue weighted by Crippen LogP contribution is -2.25. The minimum Gasteiger partial charge on any atom is -0.464 e. The number of nitrogens with zero attached hydrogens (tertiary/aromatic N) is 4. The van der Waals surface area contributed by atoms with Crippen molar-refractivity contribution in [2.75, 3.05) is 7.11 Å². The van der Waals surface area contributed by atoms with Crippen LogP contribution in [-0.4, -0.2) is 32.2 Å². The molecule has 7 heteroatoms. The van der Waals surface area contributed by atoms with Gasteiger partial charge < -0.3 is 9.14 Å². The Labute approximate surface area is 125 Å². The van der Waals surface area contributed by atoms with E-state index in [1.807, 2.05) is 35.7 Å². The van der Waals surface area contributed by atoms with Crippen molar-refractivity contribution in [3.63, 3.8) is 0 Å². The van der Waals surface area contributed by atoms with Crippen molar-refractivity contribution >= 4 is 11.6 Å². The molecule has 3 aromatic heterocycles. The SMILES string of the molecule is COC(=O)c1ccc(=O)n(Cc2cn3c(C)cccc3n2)n1. The Morgan fingerprint density at radius 2 is 2.09 bits per heavy atom. The van der Waals surface area contributed by atoms with E-state index in [1.165, 1.54) is 23.9 Å². The molecule has 7 nitrogen and oxygen atoms in total. The minimum absolute atomic E-state index is 0.0852. The van der Waals surface area contributed by atoms with Crippen LogP contribution in [0, 0.1) is 6.92 Å². The zero-order chi connectivity index (χ0) is 15.7. The van der Waals surface area contributed by atoms with E-state index in [0.717, 1.165) is 11.3 Å². The fraction of sp³-hybridized carbons (Fsp3) is 0.200. The predicted octanol–water partition coefficient (Wildman–Crippen LogP) is 1.03. The van der Waals surface area contributed by atoms with Gasteiger partial charge in [-0.25, -0.2) is 14.5 Å². The molecule has 112 valence electrons. The van der Waals surface area contributed by atoms with Gasteiger partial charge in [-0.05, 0) is 25.1 Å². The van der Waals surface area contributed by atoms with Gasteiger partial charge in [0.25, 0.3) is 5.56 Å². The van der Waals surface area contributed by atoms with Crippen molar-refractivity contribution in [3.05, 3.63) is 64.0 Å². The Morgan fingerprint density at radius 1 is 1.27 bits per heavy atom. The van der Waals surface area contributed by atoms with E-state index in [1.54, 1.807) is 0 Å². The van der Waals surface area contributed by atoms with Crippen molar-refractivity contribution in [1.29, 1.82) is 0 Å². The molecule has 3 rings (SSSR count). The molecule has 0 amide bonds. The summed E-state index contributed by atoms with van der Waals surface area (Å²) in [6, 6.07) is 8.42. The first kappa shape index (κ1) is 14.0. The highest BCUT2D eigenvalue weighted by Crippen LogP contribution is 2.09. The van der Waals surface area contributed by atoms with Crippen molar-refractivity contribution in [3.8, 4) is 0 Å². The number of imidazole rings is 1. The molecule has 0 unspecified atom stereocenters. The number of carbonyl (C=O) groups excluding carboxylic acids is 1. The maximum absolute atomic E-state index is 11.9. The van der Waals surface area contributed by atoms with Crippen molar-refractivity contribution in [1.82, 2.24) is 19.2 Å². The van der Waals surface area contributed by atoms with Gasteiger partial charge in [0.2, 0.25) is 0 Å². The van der Waals surface area contributed by atoms with E-state index in [9.17, 15) is 9.59 Å². The Hall–Kier alpha value is -2.96. The smallest absolute Gasteiger partial charge is 0.358 e. The van der Waals surface area contributed by atoms with Gasteiger partial charge in [0.1, 0.15) is 5.65 Å². The highest BCUT2D eigenvalue weighted by atomic mass is 16.5. The maximum Gasteiger partial charge on any atom is 0.358 e. The van der Waals surface area contributed by atoms with Gasteiger partial charge in [-0.1, -0.05) is 6.07 Å². The molecule has 0 aromatic carbocycles. The average molecular weight is 298 g/mol. The zero-order valence-corrected chi connectivity index (χ0v) is 12.2. The maximum atomic E-state index is 11.9. The van der Waals surface area contributed by atoms with Crippen LogP contribution in [0.4, 0.5) is 0 Å². The molecule has 0 saturated carbocycles. The highest BCUT2D eigenvalue weighted by Gasteiger charge is 2.11. The van der Waals surface area contributed by atoms with Crippen LogP contribution in [-0.2, 0) is 11.3 Å². The molecule has 0 aliphatic carbocycles. The number of methoxy groups -OCH3 is 1. The minimum atomic E-state index is -0.584. The standard InChI is InChI=1S/C15H14N4O3/c1-10-4-3-5-13-16-11(8-18(10)13)9-19-14(20)7-6-12(17-19)15(21)22-2/h3-8H,9H2,1-2H3. The number of esters is 1. The van der Waals surface area contributed by atoms with Crippen molar-refractivity contribution in [2.45, 2.75) is 13.5 Å². The Kier molecular flexibility index (Phi) is 3.46.